The monoisotopic (exact) mass is 348 g/mol. The predicted molar refractivity (Wildman–Crippen MR) is 92.4 cm³/mol. The van der Waals surface area contributed by atoms with Crippen molar-refractivity contribution in [3.05, 3.63) is 46.2 Å². The lowest BCUT2D eigenvalue weighted by molar-refractivity contribution is -0.121. The molecule has 0 spiro atoms. The average Bonchev–Trinajstić information content (AvgIpc) is 3.10. The Kier molecular flexibility index (Phi) is 6.62. The summed E-state index contributed by atoms with van der Waals surface area (Å²) in [7, 11) is 0. The highest BCUT2D eigenvalue weighted by Gasteiger charge is 2.11. The zero-order valence-electron chi connectivity index (χ0n) is 13.6. The molecule has 2 rings (SSSR count). The molecule has 128 valence electrons. The van der Waals surface area contributed by atoms with E-state index in [-0.39, 0.29) is 18.2 Å². The van der Waals surface area contributed by atoms with Crippen LogP contribution < -0.4 is 20.3 Å². The minimum atomic E-state index is -0.333. The third-order valence-corrected chi connectivity index (χ3v) is 3.90. The predicted octanol–water partition coefficient (Wildman–Crippen LogP) is 2.55. The zero-order chi connectivity index (χ0) is 17.4. The molecule has 1 aromatic heterocycles. The van der Waals surface area contributed by atoms with E-state index in [1.165, 1.54) is 11.3 Å². The van der Waals surface area contributed by atoms with Crippen molar-refractivity contribution in [3.63, 3.8) is 0 Å². The van der Waals surface area contributed by atoms with Crippen LogP contribution in [0.1, 0.15) is 29.1 Å². The first kappa shape index (κ1) is 17.8. The van der Waals surface area contributed by atoms with Crippen LogP contribution in [0.2, 0.25) is 0 Å². The van der Waals surface area contributed by atoms with Gasteiger partial charge in [-0.25, -0.2) is 0 Å². The summed E-state index contributed by atoms with van der Waals surface area (Å²) in [6.45, 7) is 4.82. The Morgan fingerprint density at radius 1 is 1.04 bits per heavy atom. The van der Waals surface area contributed by atoms with Gasteiger partial charge in [0.15, 0.2) is 11.5 Å². The molecule has 6 nitrogen and oxygen atoms in total. The summed E-state index contributed by atoms with van der Waals surface area (Å²) in [5.74, 6) is 0.605. The number of amides is 2. The van der Waals surface area contributed by atoms with E-state index in [4.69, 9.17) is 9.47 Å². The molecular formula is C17H20N2O4S. The van der Waals surface area contributed by atoms with Crippen molar-refractivity contribution in [1.29, 1.82) is 0 Å². The van der Waals surface area contributed by atoms with Gasteiger partial charge in [-0.05, 0) is 43.0 Å². The van der Waals surface area contributed by atoms with Crippen LogP contribution in [0, 0.1) is 0 Å². The molecule has 2 amide bonds. The Hall–Kier alpha value is -2.54. The van der Waals surface area contributed by atoms with Crippen LogP contribution in [0.25, 0.3) is 0 Å². The second kappa shape index (κ2) is 8.93. The van der Waals surface area contributed by atoms with Crippen LogP contribution in [-0.4, -0.2) is 25.0 Å². The van der Waals surface area contributed by atoms with Gasteiger partial charge in [0, 0.05) is 0 Å². The van der Waals surface area contributed by atoms with E-state index in [2.05, 4.69) is 10.9 Å². The van der Waals surface area contributed by atoms with Gasteiger partial charge in [0.05, 0.1) is 24.5 Å². The van der Waals surface area contributed by atoms with E-state index in [9.17, 15) is 9.59 Å². The number of hydrogen-bond acceptors (Lipinski definition) is 5. The minimum Gasteiger partial charge on any atom is -0.490 e. The first-order valence-corrected chi connectivity index (χ1v) is 8.53. The van der Waals surface area contributed by atoms with Crippen molar-refractivity contribution in [2.24, 2.45) is 0 Å². The Labute approximate surface area is 144 Å². The largest absolute Gasteiger partial charge is 0.490 e. The molecule has 0 aliphatic heterocycles. The smallest absolute Gasteiger partial charge is 0.279 e. The fourth-order valence-corrected chi connectivity index (χ4v) is 2.65. The Morgan fingerprint density at radius 2 is 1.79 bits per heavy atom. The molecule has 1 aromatic carbocycles. The second-order valence-corrected chi connectivity index (χ2v) is 5.75. The van der Waals surface area contributed by atoms with E-state index in [0.29, 0.717) is 29.6 Å². The van der Waals surface area contributed by atoms with Gasteiger partial charge in [0.25, 0.3) is 5.91 Å². The summed E-state index contributed by atoms with van der Waals surface area (Å²) in [5.41, 5.74) is 5.57. The Morgan fingerprint density at radius 3 is 2.46 bits per heavy atom. The molecule has 0 unspecified atom stereocenters. The number of hydrogen-bond donors (Lipinski definition) is 2. The van der Waals surface area contributed by atoms with E-state index in [1.54, 1.807) is 35.7 Å². The number of nitrogens with one attached hydrogen (secondary N) is 2. The first-order chi connectivity index (χ1) is 11.6. The number of thiophene rings is 1. The van der Waals surface area contributed by atoms with Crippen LogP contribution >= 0.6 is 11.3 Å². The SMILES string of the molecule is CCOc1ccc(CC(=O)NNC(=O)c2cccs2)cc1OCC. The Balaban J connectivity index is 1.93. The average molecular weight is 348 g/mol. The lowest BCUT2D eigenvalue weighted by Crippen LogP contribution is -2.42. The van der Waals surface area contributed by atoms with Crippen LogP contribution in [0.3, 0.4) is 0 Å². The highest BCUT2D eigenvalue weighted by atomic mass is 32.1. The molecule has 1 heterocycles. The summed E-state index contributed by atoms with van der Waals surface area (Å²) in [6.07, 6.45) is 0.122. The van der Waals surface area contributed by atoms with Crippen LogP contribution in [0.5, 0.6) is 11.5 Å². The number of ether oxygens (including phenoxy) is 2. The van der Waals surface area contributed by atoms with Gasteiger partial charge in [-0.15, -0.1) is 11.3 Å². The first-order valence-electron chi connectivity index (χ1n) is 7.65. The van der Waals surface area contributed by atoms with Crippen LogP contribution in [-0.2, 0) is 11.2 Å². The number of rotatable bonds is 7. The standard InChI is InChI=1S/C17H20N2O4S/c1-3-22-13-8-7-12(10-14(13)23-4-2)11-16(20)18-19-17(21)15-6-5-9-24-15/h5-10H,3-4,11H2,1-2H3,(H,18,20)(H,19,21). The van der Waals surface area contributed by atoms with Gasteiger partial charge < -0.3 is 9.47 Å². The quantitative estimate of drug-likeness (QED) is 0.754. The third-order valence-electron chi connectivity index (χ3n) is 3.03. The maximum absolute atomic E-state index is 12.0. The summed E-state index contributed by atoms with van der Waals surface area (Å²) < 4.78 is 11.0. The van der Waals surface area contributed by atoms with Crippen molar-refractivity contribution < 1.29 is 19.1 Å². The number of hydrazine groups is 1. The van der Waals surface area contributed by atoms with Crippen molar-refractivity contribution in [3.8, 4) is 11.5 Å². The van der Waals surface area contributed by atoms with E-state index >= 15 is 0 Å². The van der Waals surface area contributed by atoms with E-state index < -0.39 is 0 Å². The summed E-state index contributed by atoms with van der Waals surface area (Å²) in [4.78, 5) is 24.3. The zero-order valence-corrected chi connectivity index (χ0v) is 14.4. The number of carbonyl (C=O) groups excluding carboxylic acids is 2. The molecule has 0 saturated carbocycles. The summed E-state index contributed by atoms with van der Waals surface area (Å²) >= 11 is 1.31. The maximum atomic E-state index is 12.0. The number of benzene rings is 1. The molecule has 0 bridgehead atoms. The fraction of sp³-hybridized carbons (Fsp3) is 0.294. The van der Waals surface area contributed by atoms with Crippen molar-refractivity contribution in [1.82, 2.24) is 10.9 Å². The highest BCUT2D eigenvalue weighted by molar-refractivity contribution is 7.12. The molecule has 2 N–H and O–H groups in total. The summed E-state index contributed by atoms with van der Waals surface area (Å²) in [5, 5.41) is 1.80. The van der Waals surface area contributed by atoms with Gasteiger partial charge in [-0.2, -0.15) is 0 Å². The van der Waals surface area contributed by atoms with Gasteiger partial charge in [-0.3, -0.25) is 20.4 Å². The van der Waals surface area contributed by atoms with E-state index in [0.717, 1.165) is 5.56 Å². The van der Waals surface area contributed by atoms with Crippen LogP contribution in [0.4, 0.5) is 0 Å². The molecule has 0 aliphatic carbocycles. The molecule has 0 aliphatic rings. The van der Waals surface area contributed by atoms with Gasteiger partial charge >= 0.3 is 0 Å². The van der Waals surface area contributed by atoms with Crippen molar-refractivity contribution >= 4 is 23.2 Å². The molecule has 0 radical (unpaired) electrons. The lowest BCUT2D eigenvalue weighted by atomic mass is 10.1. The molecule has 2 aromatic rings. The van der Waals surface area contributed by atoms with Crippen molar-refractivity contribution in [2.45, 2.75) is 20.3 Å². The third kappa shape index (κ3) is 4.99. The van der Waals surface area contributed by atoms with Gasteiger partial charge in [-0.1, -0.05) is 12.1 Å². The molecule has 0 saturated heterocycles. The lowest BCUT2D eigenvalue weighted by Gasteiger charge is -2.12. The molecule has 24 heavy (non-hydrogen) atoms. The second-order valence-electron chi connectivity index (χ2n) is 4.80. The van der Waals surface area contributed by atoms with Crippen molar-refractivity contribution in [2.75, 3.05) is 13.2 Å². The topological polar surface area (TPSA) is 76.7 Å². The normalized spacial score (nSPS) is 10.1. The van der Waals surface area contributed by atoms with Gasteiger partial charge in [0.1, 0.15) is 0 Å². The maximum Gasteiger partial charge on any atom is 0.279 e. The van der Waals surface area contributed by atoms with Gasteiger partial charge in [0.2, 0.25) is 5.91 Å². The van der Waals surface area contributed by atoms with Crippen LogP contribution in [0.15, 0.2) is 35.7 Å². The minimum absolute atomic E-state index is 0.122. The summed E-state index contributed by atoms with van der Waals surface area (Å²) in [6, 6.07) is 8.81. The fourth-order valence-electron chi connectivity index (χ4n) is 2.03. The Bertz CT molecular complexity index is 686. The molecular weight excluding hydrogens is 328 g/mol. The highest BCUT2D eigenvalue weighted by Crippen LogP contribution is 2.28. The molecule has 0 atom stereocenters. The molecule has 7 heteroatoms. The number of carbonyl (C=O) groups is 2. The molecule has 0 fully saturated rings. The van der Waals surface area contributed by atoms with E-state index in [1.807, 2.05) is 13.8 Å².